The first kappa shape index (κ1) is 31.8. The number of benzene rings is 1. The molecule has 1 aromatic rings. The van der Waals surface area contributed by atoms with Gasteiger partial charge in [0.2, 0.25) is 17.7 Å². The van der Waals surface area contributed by atoms with Crippen LogP contribution in [0, 0.1) is 5.41 Å². The second kappa shape index (κ2) is 15.8. The molecule has 8 heteroatoms. The Balaban J connectivity index is 1.71. The summed E-state index contributed by atoms with van der Waals surface area (Å²) in [5, 5.41) is 8.58. The molecule has 1 heterocycles. The number of hydrogen-bond acceptors (Lipinski definition) is 5. The predicted molar refractivity (Wildman–Crippen MR) is 152 cm³/mol. The molecule has 38 heavy (non-hydrogen) atoms. The Labute approximate surface area is 229 Å². The maximum atomic E-state index is 12.7. The number of amides is 3. The van der Waals surface area contributed by atoms with Crippen LogP contribution in [0.5, 0.6) is 0 Å². The van der Waals surface area contributed by atoms with Gasteiger partial charge in [-0.05, 0) is 32.4 Å². The predicted octanol–water partition coefficient (Wildman–Crippen LogP) is 6.17. The van der Waals surface area contributed by atoms with E-state index in [0.717, 1.165) is 12.8 Å². The lowest BCUT2D eigenvalue weighted by Gasteiger charge is -2.44. The van der Waals surface area contributed by atoms with Crippen LogP contribution in [0.4, 0.5) is 11.4 Å². The lowest BCUT2D eigenvalue weighted by Crippen LogP contribution is -2.56. The zero-order valence-electron chi connectivity index (χ0n) is 24.1. The van der Waals surface area contributed by atoms with Crippen LogP contribution >= 0.6 is 0 Å². The molecular weight excluding hydrogens is 482 g/mol. The first-order valence-corrected chi connectivity index (χ1v) is 14.3. The molecule has 0 aliphatic carbocycles. The van der Waals surface area contributed by atoms with Gasteiger partial charge in [-0.25, -0.2) is 0 Å². The normalized spacial score (nSPS) is 18.0. The summed E-state index contributed by atoms with van der Waals surface area (Å²) in [5.74, 6) is -1.40. The van der Waals surface area contributed by atoms with Crippen molar-refractivity contribution in [2.45, 2.75) is 117 Å². The molecule has 0 bridgehead atoms. The van der Waals surface area contributed by atoms with Gasteiger partial charge in [-0.1, -0.05) is 84.3 Å². The second-order valence-corrected chi connectivity index (χ2v) is 11.4. The lowest BCUT2D eigenvalue weighted by atomic mass is 9.85. The number of unbranched alkanes of at least 4 members (excludes halogenated alkanes) is 8. The Hall–Kier alpha value is -2.45. The first-order valence-electron chi connectivity index (χ1n) is 14.3. The molecule has 0 radical (unpaired) electrons. The molecule has 1 atom stereocenters. The van der Waals surface area contributed by atoms with Crippen LogP contribution in [0.25, 0.3) is 0 Å². The average molecular weight is 532 g/mol. The van der Waals surface area contributed by atoms with E-state index in [1.165, 1.54) is 44.9 Å². The highest BCUT2D eigenvalue weighted by molar-refractivity contribution is 5.99. The van der Waals surface area contributed by atoms with Crippen molar-refractivity contribution in [3.05, 3.63) is 24.3 Å². The molecule has 0 spiro atoms. The molecule has 3 amide bonds. The van der Waals surface area contributed by atoms with Crippen LogP contribution in [0.15, 0.2) is 24.3 Å². The average Bonchev–Trinajstić information content (AvgIpc) is 2.86. The summed E-state index contributed by atoms with van der Waals surface area (Å²) in [5.41, 5.74) is 0.637. The van der Waals surface area contributed by atoms with E-state index in [4.69, 9.17) is 9.47 Å². The number of nitrogens with one attached hydrogen (secondary N) is 3. The molecule has 0 saturated carbocycles. The maximum Gasteiger partial charge on any atom is 0.249 e. The van der Waals surface area contributed by atoms with Gasteiger partial charge in [-0.3, -0.25) is 14.4 Å². The van der Waals surface area contributed by atoms with Gasteiger partial charge in [0.25, 0.3) is 0 Å². The summed E-state index contributed by atoms with van der Waals surface area (Å²) in [6.07, 6.45) is 10.7. The molecule has 8 nitrogen and oxygen atoms in total. The Bertz CT molecular complexity index is 900. The molecule has 214 valence electrons. The third-order valence-corrected chi connectivity index (χ3v) is 6.78. The summed E-state index contributed by atoms with van der Waals surface area (Å²) in [6, 6.07) is 7.16. The Morgan fingerprint density at radius 3 is 1.92 bits per heavy atom. The molecule has 1 unspecified atom stereocenters. The highest BCUT2D eigenvalue weighted by atomic mass is 16.7. The second-order valence-electron chi connectivity index (χ2n) is 11.4. The fourth-order valence-corrected chi connectivity index (χ4v) is 4.44. The van der Waals surface area contributed by atoms with Crippen molar-refractivity contribution in [1.29, 1.82) is 0 Å². The van der Waals surface area contributed by atoms with Crippen LogP contribution < -0.4 is 16.0 Å². The van der Waals surface area contributed by atoms with Crippen molar-refractivity contribution >= 4 is 29.1 Å². The summed E-state index contributed by atoms with van der Waals surface area (Å²) in [6.45, 7) is 10.2. The standard InChI is InChI=1S/C30H49N3O5/c1-6-7-8-9-10-11-12-13-14-19-25(34)32-23-17-15-16-18-24(23)33-26(35)20-21-31-28(36)27-29(2,3)22-37-30(4,5)38-27/h15-18,27H,6-14,19-22H2,1-5H3,(H,31,36)(H,32,34)(H,33,35). The molecular formula is C30H49N3O5. The number of hydrogen-bond donors (Lipinski definition) is 3. The van der Waals surface area contributed by atoms with Gasteiger partial charge in [0.05, 0.1) is 18.0 Å². The lowest BCUT2D eigenvalue weighted by molar-refractivity contribution is -0.304. The van der Waals surface area contributed by atoms with Crippen molar-refractivity contribution in [1.82, 2.24) is 5.32 Å². The fraction of sp³-hybridized carbons (Fsp3) is 0.700. The SMILES string of the molecule is CCCCCCCCCCCC(=O)Nc1ccccc1NC(=O)CCNC(=O)C1OC(C)(C)OCC1(C)C. The molecule has 1 aliphatic heterocycles. The van der Waals surface area contributed by atoms with E-state index in [2.05, 4.69) is 22.9 Å². The maximum absolute atomic E-state index is 12.7. The van der Waals surface area contributed by atoms with Gasteiger partial charge in [0, 0.05) is 24.8 Å². The zero-order chi connectivity index (χ0) is 28.0. The van der Waals surface area contributed by atoms with E-state index < -0.39 is 17.3 Å². The van der Waals surface area contributed by atoms with Crippen molar-refractivity contribution in [3.63, 3.8) is 0 Å². The summed E-state index contributed by atoms with van der Waals surface area (Å²) < 4.78 is 11.5. The van der Waals surface area contributed by atoms with Crippen molar-refractivity contribution in [2.75, 3.05) is 23.8 Å². The highest BCUT2D eigenvalue weighted by Gasteiger charge is 2.45. The number of para-hydroxylation sites is 2. The van der Waals surface area contributed by atoms with E-state index in [1.807, 2.05) is 19.9 Å². The van der Waals surface area contributed by atoms with Crippen molar-refractivity contribution in [3.8, 4) is 0 Å². The van der Waals surface area contributed by atoms with Crippen molar-refractivity contribution in [2.24, 2.45) is 5.41 Å². The minimum Gasteiger partial charge on any atom is -0.353 e. The highest BCUT2D eigenvalue weighted by Crippen LogP contribution is 2.34. The summed E-state index contributed by atoms with van der Waals surface area (Å²) >= 11 is 0. The fourth-order valence-electron chi connectivity index (χ4n) is 4.44. The Morgan fingerprint density at radius 1 is 0.816 bits per heavy atom. The van der Waals surface area contributed by atoms with Crippen LogP contribution in [0.1, 0.15) is 105 Å². The Kier molecular flexibility index (Phi) is 13.2. The number of carbonyl (C=O) groups is 3. The topological polar surface area (TPSA) is 106 Å². The quantitative estimate of drug-likeness (QED) is 0.221. The third-order valence-electron chi connectivity index (χ3n) is 6.78. The minimum absolute atomic E-state index is 0.0519. The van der Waals surface area contributed by atoms with Gasteiger partial charge in [0.1, 0.15) is 6.10 Å². The molecule has 0 aromatic heterocycles. The van der Waals surface area contributed by atoms with Crippen LogP contribution in [-0.2, 0) is 23.9 Å². The molecule has 1 saturated heterocycles. The largest absolute Gasteiger partial charge is 0.353 e. The molecule has 2 rings (SSSR count). The van der Waals surface area contributed by atoms with Crippen LogP contribution in [0.2, 0.25) is 0 Å². The number of carbonyl (C=O) groups excluding carboxylic acids is 3. The Morgan fingerprint density at radius 2 is 1.34 bits per heavy atom. The molecule has 1 aromatic carbocycles. The summed E-state index contributed by atoms with van der Waals surface area (Å²) in [4.78, 5) is 37.8. The van der Waals surface area contributed by atoms with Gasteiger partial charge < -0.3 is 25.4 Å². The van der Waals surface area contributed by atoms with E-state index in [9.17, 15) is 14.4 Å². The van der Waals surface area contributed by atoms with Gasteiger partial charge in [-0.15, -0.1) is 0 Å². The monoisotopic (exact) mass is 531 g/mol. The van der Waals surface area contributed by atoms with Crippen molar-refractivity contribution < 1.29 is 23.9 Å². The minimum atomic E-state index is -0.836. The van der Waals surface area contributed by atoms with Gasteiger partial charge in [0.15, 0.2) is 5.79 Å². The zero-order valence-corrected chi connectivity index (χ0v) is 24.1. The molecule has 3 N–H and O–H groups in total. The van der Waals surface area contributed by atoms with E-state index >= 15 is 0 Å². The number of ether oxygens (including phenoxy) is 2. The van der Waals surface area contributed by atoms with E-state index in [1.54, 1.807) is 32.0 Å². The van der Waals surface area contributed by atoms with E-state index in [0.29, 0.717) is 24.4 Å². The number of rotatable bonds is 16. The third kappa shape index (κ3) is 11.5. The molecule has 1 fully saturated rings. The smallest absolute Gasteiger partial charge is 0.249 e. The van der Waals surface area contributed by atoms with E-state index in [-0.39, 0.29) is 30.7 Å². The number of anilines is 2. The molecule has 1 aliphatic rings. The van der Waals surface area contributed by atoms with Crippen LogP contribution in [-0.4, -0.2) is 42.8 Å². The first-order chi connectivity index (χ1) is 18.0. The van der Waals surface area contributed by atoms with Gasteiger partial charge >= 0.3 is 0 Å². The van der Waals surface area contributed by atoms with Gasteiger partial charge in [-0.2, -0.15) is 0 Å². The van der Waals surface area contributed by atoms with Crippen LogP contribution in [0.3, 0.4) is 0 Å². The summed E-state index contributed by atoms with van der Waals surface area (Å²) in [7, 11) is 0.